The molecule has 0 aliphatic rings. The number of hydrogen-bond acceptors (Lipinski definition) is 6. The molecule has 0 aliphatic heterocycles. The lowest BCUT2D eigenvalue weighted by atomic mass is 10.3. The summed E-state index contributed by atoms with van der Waals surface area (Å²) in [5.41, 5.74) is 0. The van der Waals surface area contributed by atoms with Crippen LogP contribution in [0, 0.1) is 16.7 Å². The van der Waals surface area contributed by atoms with E-state index in [1.165, 1.54) is 6.21 Å². The molecule has 6 nitrogen and oxygen atoms in total. The minimum Gasteiger partial charge on any atom is -0.411 e. The fourth-order valence-corrected chi connectivity index (χ4v) is 0.133. The normalized spacial score (nSPS) is 4.61. The molecular formula is C12H35N3O3. The first kappa shape index (κ1) is 72.0. The lowest BCUT2D eigenvalue weighted by molar-refractivity contribution is 0.319. The van der Waals surface area contributed by atoms with E-state index in [4.69, 9.17) is 25.6 Å². The molecule has 0 atom stereocenters. The number of hydrogen-bond donors (Lipinski definition) is 3. The lowest BCUT2D eigenvalue weighted by Crippen LogP contribution is -1.84. The summed E-state index contributed by atoms with van der Waals surface area (Å²) < 4.78 is 0. The topological polar surface area (TPSA) is 114 Å². The Labute approximate surface area is 114 Å². The van der Waals surface area contributed by atoms with E-state index in [-0.39, 0.29) is 44.6 Å². The van der Waals surface area contributed by atoms with Crippen molar-refractivity contribution in [2.24, 2.45) is 11.1 Å². The van der Waals surface area contributed by atoms with Gasteiger partial charge in [-0.2, -0.15) is 0 Å². The van der Waals surface area contributed by atoms with Crippen LogP contribution >= 0.6 is 0 Å². The van der Waals surface area contributed by atoms with Crippen LogP contribution in [0.25, 0.3) is 0 Å². The van der Waals surface area contributed by atoms with Gasteiger partial charge < -0.3 is 5.21 Å². The van der Waals surface area contributed by atoms with Crippen molar-refractivity contribution in [3.63, 3.8) is 0 Å². The summed E-state index contributed by atoms with van der Waals surface area (Å²) in [6.07, 6.45) is 2.97. The van der Waals surface area contributed by atoms with Gasteiger partial charge >= 0.3 is 0 Å². The number of isocyanates is 2. The van der Waals surface area contributed by atoms with Gasteiger partial charge in [-0.1, -0.05) is 58.4 Å². The molecule has 0 radical (unpaired) electrons. The molecular weight excluding hydrogens is 234 g/mol. The average Bonchev–Trinajstić information content (AvgIpc) is 1.89. The Bertz CT molecular complexity index is 157. The van der Waals surface area contributed by atoms with Gasteiger partial charge in [0.25, 0.3) is 0 Å². The zero-order valence-corrected chi connectivity index (χ0v) is 6.87. The maximum Gasteiger partial charge on any atom is 0.231 e. The largest absolute Gasteiger partial charge is 0.411 e. The van der Waals surface area contributed by atoms with E-state index in [0.717, 1.165) is 12.2 Å². The molecule has 116 valence electrons. The minimum atomic E-state index is 0. The van der Waals surface area contributed by atoms with Gasteiger partial charge in [0, 0.05) is 6.21 Å². The molecule has 18 heavy (non-hydrogen) atoms. The fraction of sp³-hybridized carbons (Fsp3) is 0.750. The van der Waals surface area contributed by atoms with Crippen LogP contribution in [0.4, 0.5) is 0 Å². The van der Waals surface area contributed by atoms with Crippen LogP contribution < -0.4 is 0 Å². The zero-order valence-electron chi connectivity index (χ0n) is 6.87. The third-order valence-corrected chi connectivity index (χ3v) is 0.365. The van der Waals surface area contributed by atoms with Crippen molar-refractivity contribution in [3.05, 3.63) is 0 Å². The maximum absolute atomic E-state index is 8.35. The SMILES string of the molecule is C.C.C.C.C.C.CC(C)C=NO.N=C=O.N=C=O. The van der Waals surface area contributed by atoms with E-state index in [0.29, 0.717) is 5.92 Å². The summed E-state index contributed by atoms with van der Waals surface area (Å²) >= 11 is 0. The maximum atomic E-state index is 8.35. The summed E-state index contributed by atoms with van der Waals surface area (Å²) in [4.78, 5) is 16.7. The Morgan fingerprint density at radius 1 is 0.944 bits per heavy atom. The molecule has 0 heterocycles. The second-order valence-electron chi connectivity index (χ2n) is 1.71. The highest BCUT2D eigenvalue weighted by Crippen LogP contribution is 1.81. The van der Waals surface area contributed by atoms with Crippen LogP contribution in [0.5, 0.6) is 0 Å². The van der Waals surface area contributed by atoms with Crippen molar-refractivity contribution in [3.8, 4) is 0 Å². The Morgan fingerprint density at radius 2 is 1.11 bits per heavy atom. The van der Waals surface area contributed by atoms with Crippen LogP contribution in [0.2, 0.25) is 0 Å². The van der Waals surface area contributed by atoms with Gasteiger partial charge in [-0.15, -0.1) is 5.16 Å². The van der Waals surface area contributed by atoms with E-state index in [2.05, 4.69) is 5.16 Å². The van der Waals surface area contributed by atoms with Gasteiger partial charge in [-0.25, -0.2) is 20.4 Å². The number of nitrogens with zero attached hydrogens (tertiary/aromatic N) is 1. The predicted octanol–water partition coefficient (Wildman–Crippen LogP) is 4.72. The van der Waals surface area contributed by atoms with E-state index in [9.17, 15) is 0 Å². The first-order chi connectivity index (χ1) is 5.60. The molecule has 0 spiro atoms. The summed E-state index contributed by atoms with van der Waals surface area (Å²) in [5, 5.41) is 21.4. The Morgan fingerprint density at radius 3 is 1.11 bits per heavy atom. The van der Waals surface area contributed by atoms with Gasteiger partial charge in [-0.3, -0.25) is 0 Å². The summed E-state index contributed by atoms with van der Waals surface area (Å²) in [7, 11) is 0. The number of oxime groups is 1. The van der Waals surface area contributed by atoms with Gasteiger partial charge in [0.05, 0.1) is 0 Å². The Hall–Kier alpha value is -1.77. The van der Waals surface area contributed by atoms with Crippen molar-refractivity contribution in [1.29, 1.82) is 10.8 Å². The molecule has 0 aliphatic carbocycles. The molecule has 3 N–H and O–H groups in total. The van der Waals surface area contributed by atoms with E-state index in [1.807, 2.05) is 13.8 Å². The Balaban J connectivity index is -0.00000000879. The molecule has 0 saturated carbocycles. The molecule has 0 fully saturated rings. The minimum absolute atomic E-state index is 0. The van der Waals surface area contributed by atoms with Crippen LogP contribution in [0.3, 0.4) is 0 Å². The molecule has 0 aromatic heterocycles. The van der Waals surface area contributed by atoms with E-state index in [1.54, 1.807) is 0 Å². The smallest absolute Gasteiger partial charge is 0.231 e. The van der Waals surface area contributed by atoms with Crippen molar-refractivity contribution in [2.45, 2.75) is 58.4 Å². The second kappa shape index (κ2) is 113. The van der Waals surface area contributed by atoms with Gasteiger partial charge in [0.2, 0.25) is 12.2 Å². The highest BCUT2D eigenvalue weighted by atomic mass is 16.4. The average molecular weight is 269 g/mol. The van der Waals surface area contributed by atoms with Gasteiger partial charge in [0.15, 0.2) is 0 Å². The predicted molar refractivity (Wildman–Crippen MR) is 82.3 cm³/mol. The number of nitrogens with one attached hydrogen (secondary N) is 2. The molecule has 0 amide bonds. The zero-order chi connectivity index (χ0) is 10.4. The van der Waals surface area contributed by atoms with Crippen molar-refractivity contribution < 1.29 is 14.8 Å². The third-order valence-electron chi connectivity index (χ3n) is 0.365. The quantitative estimate of drug-likeness (QED) is 0.277. The lowest BCUT2D eigenvalue weighted by Gasteiger charge is -1.84. The fourth-order valence-electron chi connectivity index (χ4n) is 0.133. The molecule has 6 heteroatoms. The monoisotopic (exact) mass is 269 g/mol. The number of rotatable bonds is 1. The molecule has 0 saturated heterocycles. The van der Waals surface area contributed by atoms with Crippen molar-refractivity contribution in [2.75, 3.05) is 0 Å². The van der Waals surface area contributed by atoms with E-state index >= 15 is 0 Å². The van der Waals surface area contributed by atoms with Gasteiger partial charge in [0.1, 0.15) is 0 Å². The second-order valence-corrected chi connectivity index (χ2v) is 1.71. The first-order valence-corrected chi connectivity index (χ1v) is 2.85. The molecule has 0 aromatic carbocycles. The van der Waals surface area contributed by atoms with Crippen molar-refractivity contribution in [1.82, 2.24) is 0 Å². The highest BCUT2D eigenvalue weighted by Gasteiger charge is 1.79. The van der Waals surface area contributed by atoms with Crippen LogP contribution in [0.15, 0.2) is 5.16 Å². The highest BCUT2D eigenvalue weighted by molar-refractivity contribution is 5.58. The summed E-state index contributed by atoms with van der Waals surface area (Å²) in [5.74, 6) is 0.356. The summed E-state index contributed by atoms with van der Waals surface area (Å²) in [6, 6.07) is 0. The summed E-state index contributed by atoms with van der Waals surface area (Å²) in [6.45, 7) is 3.89. The molecule has 0 unspecified atom stereocenters. The Kier molecular flexibility index (Phi) is 451. The molecule has 0 bridgehead atoms. The van der Waals surface area contributed by atoms with Gasteiger partial charge in [-0.05, 0) is 5.92 Å². The van der Waals surface area contributed by atoms with E-state index < -0.39 is 0 Å². The van der Waals surface area contributed by atoms with Crippen molar-refractivity contribution >= 4 is 18.4 Å². The van der Waals surface area contributed by atoms with Crippen LogP contribution in [-0.4, -0.2) is 23.6 Å². The first-order valence-electron chi connectivity index (χ1n) is 2.85. The van der Waals surface area contributed by atoms with Crippen LogP contribution in [0.1, 0.15) is 58.4 Å². The molecule has 0 aromatic rings. The standard InChI is InChI=1S/C4H9NO.2CHNO.6CH4/c1-4(2)3-5-6;2*2-1-3;;;;;;/h3-4,6H,1-2H3;2*2H;6*1H4. The third kappa shape index (κ3) is 1650. The van der Waals surface area contributed by atoms with Crippen LogP contribution in [-0.2, 0) is 9.59 Å². The molecule has 0 rings (SSSR count). The number of carbonyl (C=O) groups excluding carboxylic acids is 2.